The molecule has 1 fully saturated rings. The molecule has 2 heterocycles. The van der Waals surface area contributed by atoms with Crippen LogP contribution < -0.4 is 5.32 Å². The number of hydrogen-bond acceptors (Lipinski definition) is 4. The van der Waals surface area contributed by atoms with Crippen molar-refractivity contribution in [2.75, 3.05) is 26.2 Å². The molecule has 0 atom stereocenters. The largest absolute Gasteiger partial charge is 0.314 e. The van der Waals surface area contributed by atoms with Gasteiger partial charge in [0.05, 0.1) is 5.54 Å². The highest BCUT2D eigenvalue weighted by atomic mass is 15.3. The Kier molecular flexibility index (Phi) is 3.21. The maximum atomic E-state index is 4.45. The van der Waals surface area contributed by atoms with E-state index in [0.29, 0.717) is 0 Å². The molecule has 1 N–H and O–H groups in total. The Hall–Kier alpha value is -1.00. The second-order valence-corrected chi connectivity index (χ2v) is 4.88. The Balaban J connectivity index is 2.19. The van der Waals surface area contributed by atoms with Gasteiger partial charge in [0.15, 0.2) is 0 Å². The van der Waals surface area contributed by atoms with Crippen molar-refractivity contribution >= 4 is 0 Å². The van der Waals surface area contributed by atoms with Gasteiger partial charge < -0.3 is 5.32 Å². The van der Waals surface area contributed by atoms with E-state index in [1.54, 1.807) is 0 Å². The van der Waals surface area contributed by atoms with Crippen LogP contribution in [-0.4, -0.2) is 41.0 Å². The summed E-state index contributed by atoms with van der Waals surface area (Å²) in [6.45, 7) is 10.6. The Bertz CT molecular complexity index is 339. The zero-order valence-corrected chi connectivity index (χ0v) is 10.3. The van der Waals surface area contributed by atoms with Crippen LogP contribution in [0, 0.1) is 6.92 Å². The van der Waals surface area contributed by atoms with E-state index in [2.05, 4.69) is 34.0 Å². The zero-order valence-electron chi connectivity index (χ0n) is 10.3. The van der Waals surface area contributed by atoms with Crippen LogP contribution in [-0.2, 0) is 5.54 Å². The van der Waals surface area contributed by atoms with Crippen molar-refractivity contribution in [2.24, 2.45) is 0 Å². The van der Waals surface area contributed by atoms with Gasteiger partial charge in [-0.3, -0.25) is 4.90 Å². The van der Waals surface area contributed by atoms with Crippen LogP contribution in [0.25, 0.3) is 0 Å². The van der Waals surface area contributed by atoms with Gasteiger partial charge in [-0.15, -0.1) is 0 Å². The van der Waals surface area contributed by atoms with Crippen molar-refractivity contribution in [1.82, 2.24) is 20.2 Å². The van der Waals surface area contributed by atoms with Crippen LogP contribution >= 0.6 is 0 Å². The zero-order chi connectivity index (χ0) is 11.6. The van der Waals surface area contributed by atoms with Crippen molar-refractivity contribution in [2.45, 2.75) is 26.3 Å². The molecule has 0 saturated carbocycles. The van der Waals surface area contributed by atoms with Gasteiger partial charge in [0.1, 0.15) is 5.82 Å². The van der Waals surface area contributed by atoms with E-state index in [1.807, 2.05) is 19.3 Å². The van der Waals surface area contributed by atoms with Crippen molar-refractivity contribution < 1.29 is 0 Å². The molecule has 1 aromatic heterocycles. The number of piperazine rings is 1. The molecule has 2 rings (SSSR count). The van der Waals surface area contributed by atoms with E-state index in [9.17, 15) is 0 Å². The molecule has 0 amide bonds. The summed E-state index contributed by atoms with van der Waals surface area (Å²) in [7, 11) is 0. The normalized spacial score (nSPS) is 18.7. The summed E-state index contributed by atoms with van der Waals surface area (Å²) >= 11 is 0. The van der Waals surface area contributed by atoms with Gasteiger partial charge >= 0.3 is 0 Å². The third-order valence-electron chi connectivity index (χ3n) is 3.24. The van der Waals surface area contributed by atoms with E-state index in [1.165, 1.54) is 0 Å². The van der Waals surface area contributed by atoms with Crippen LogP contribution in [0.3, 0.4) is 0 Å². The van der Waals surface area contributed by atoms with E-state index in [4.69, 9.17) is 0 Å². The summed E-state index contributed by atoms with van der Waals surface area (Å²) in [5.41, 5.74) is 1.04. The molecule has 1 aliphatic rings. The molecule has 4 heteroatoms. The van der Waals surface area contributed by atoms with Gasteiger partial charge in [-0.2, -0.15) is 0 Å². The van der Waals surface area contributed by atoms with Gasteiger partial charge in [-0.05, 0) is 26.3 Å². The van der Waals surface area contributed by atoms with Gasteiger partial charge in [-0.1, -0.05) is 0 Å². The van der Waals surface area contributed by atoms with Gasteiger partial charge in [0.25, 0.3) is 0 Å². The van der Waals surface area contributed by atoms with E-state index >= 15 is 0 Å². The van der Waals surface area contributed by atoms with Crippen LogP contribution in [0.1, 0.15) is 25.2 Å². The average Bonchev–Trinajstić information content (AvgIpc) is 2.31. The first kappa shape index (κ1) is 11.5. The van der Waals surface area contributed by atoms with Crippen molar-refractivity contribution in [3.05, 3.63) is 23.8 Å². The van der Waals surface area contributed by atoms with Gasteiger partial charge in [0, 0.05) is 38.6 Å². The first-order chi connectivity index (χ1) is 7.60. The van der Waals surface area contributed by atoms with Gasteiger partial charge in [0.2, 0.25) is 0 Å². The molecular weight excluding hydrogens is 200 g/mol. The molecule has 1 aliphatic heterocycles. The Morgan fingerprint density at radius 3 is 2.31 bits per heavy atom. The van der Waals surface area contributed by atoms with Crippen molar-refractivity contribution in [1.29, 1.82) is 0 Å². The van der Waals surface area contributed by atoms with Crippen LogP contribution in [0.5, 0.6) is 0 Å². The third kappa shape index (κ3) is 2.23. The molecule has 0 bridgehead atoms. The first-order valence-corrected chi connectivity index (χ1v) is 5.85. The molecule has 0 aromatic carbocycles. The van der Waals surface area contributed by atoms with Crippen molar-refractivity contribution in [3.63, 3.8) is 0 Å². The molecule has 0 unspecified atom stereocenters. The number of nitrogens with zero attached hydrogens (tertiary/aromatic N) is 3. The third-order valence-corrected chi connectivity index (χ3v) is 3.24. The van der Waals surface area contributed by atoms with Crippen LogP contribution in [0.4, 0.5) is 0 Å². The highest BCUT2D eigenvalue weighted by molar-refractivity contribution is 5.08. The lowest BCUT2D eigenvalue weighted by molar-refractivity contribution is 0.0947. The molecule has 16 heavy (non-hydrogen) atoms. The average molecular weight is 220 g/mol. The summed E-state index contributed by atoms with van der Waals surface area (Å²) in [6, 6.07) is 0. The molecular formula is C12H20N4. The fourth-order valence-electron chi connectivity index (χ4n) is 2.07. The highest BCUT2D eigenvalue weighted by Gasteiger charge is 2.31. The summed E-state index contributed by atoms with van der Waals surface area (Å²) in [5.74, 6) is 0.917. The van der Waals surface area contributed by atoms with E-state index < -0.39 is 0 Å². The van der Waals surface area contributed by atoms with Crippen LogP contribution in [0.15, 0.2) is 12.4 Å². The maximum Gasteiger partial charge on any atom is 0.147 e. The number of nitrogens with one attached hydrogen (secondary N) is 1. The fourth-order valence-corrected chi connectivity index (χ4v) is 2.07. The lowest BCUT2D eigenvalue weighted by atomic mass is 10.0. The molecule has 0 radical (unpaired) electrons. The molecule has 0 spiro atoms. The minimum atomic E-state index is -0.0736. The first-order valence-electron chi connectivity index (χ1n) is 5.85. The fraction of sp³-hybridized carbons (Fsp3) is 0.667. The lowest BCUT2D eigenvalue weighted by Crippen LogP contribution is -2.52. The molecule has 0 aliphatic carbocycles. The molecule has 88 valence electrons. The maximum absolute atomic E-state index is 4.45. The minimum Gasteiger partial charge on any atom is -0.314 e. The minimum absolute atomic E-state index is 0.0736. The molecule has 1 aromatic rings. The highest BCUT2D eigenvalue weighted by Crippen LogP contribution is 2.24. The summed E-state index contributed by atoms with van der Waals surface area (Å²) in [6.07, 6.45) is 3.79. The molecule has 4 nitrogen and oxygen atoms in total. The Morgan fingerprint density at radius 2 is 1.75 bits per heavy atom. The summed E-state index contributed by atoms with van der Waals surface area (Å²) < 4.78 is 0. The van der Waals surface area contributed by atoms with Crippen LogP contribution in [0.2, 0.25) is 0 Å². The number of aromatic nitrogens is 2. The van der Waals surface area contributed by atoms with Gasteiger partial charge in [-0.25, -0.2) is 9.97 Å². The smallest absolute Gasteiger partial charge is 0.147 e. The number of rotatable bonds is 2. The van der Waals surface area contributed by atoms with Crippen molar-refractivity contribution in [3.8, 4) is 0 Å². The number of hydrogen-bond donors (Lipinski definition) is 1. The van der Waals surface area contributed by atoms with E-state index in [-0.39, 0.29) is 5.54 Å². The Morgan fingerprint density at radius 1 is 1.19 bits per heavy atom. The lowest BCUT2D eigenvalue weighted by Gasteiger charge is -2.39. The summed E-state index contributed by atoms with van der Waals surface area (Å²) in [5, 5.41) is 3.36. The second kappa shape index (κ2) is 4.47. The second-order valence-electron chi connectivity index (χ2n) is 4.88. The predicted molar refractivity (Wildman–Crippen MR) is 64.2 cm³/mol. The van der Waals surface area contributed by atoms with E-state index in [0.717, 1.165) is 37.6 Å². The topological polar surface area (TPSA) is 41.1 Å². The quantitative estimate of drug-likeness (QED) is 0.805. The Labute approximate surface area is 97.1 Å². The standard InChI is InChI=1S/C12H20N4/c1-10-8-14-11(15-9-10)12(2,3)16-6-4-13-5-7-16/h8-9,13H,4-7H2,1-3H3. The SMILES string of the molecule is Cc1cnc(C(C)(C)N2CCNCC2)nc1. The number of aryl methyl sites for hydroxylation is 1. The molecule has 1 saturated heterocycles. The monoisotopic (exact) mass is 220 g/mol. The predicted octanol–water partition coefficient (Wildman–Crippen LogP) is 0.925. The summed E-state index contributed by atoms with van der Waals surface area (Å²) in [4.78, 5) is 11.3.